The molecule has 0 bridgehead atoms. The lowest BCUT2D eigenvalue weighted by Crippen LogP contribution is -2.17. The highest BCUT2D eigenvalue weighted by Crippen LogP contribution is 2.32. The van der Waals surface area contributed by atoms with Crippen LogP contribution in [0.15, 0.2) is 48.5 Å². The molecule has 0 spiro atoms. The van der Waals surface area contributed by atoms with Crippen LogP contribution in [0.1, 0.15) is 12.6 Å². The number of fused-ring (bicyclic) bond motifs is 3. The highest BCUT2D eigenvalue weighted by molar-refractivity contribution is 5.97. The van der Waals surface area contributed by atoms with Crippen molar-refractivity contribution in [1.29, 1.82) is 0 Å². The van der Waals surface area contributed by atoms with Crippen molar-refractivity contribution in [1.82, 2.24) is 9.88 Å². The molecule has 4 heteroatoms. The summed E-state index contributed by atoms with van der Waals surface area (Å²) in [4.78, 5) is 11.3. The smallest absolute Gasteiger partial charge is 0.221 e. The Morgan fingerprint density at radius 2 is 2.00 bits per heavy atom. The number of aromatic nitrogens is 1. The number of nitrogens with zero attached hydrogens (tertiary/aromatic N) is 1. The molecule has 2 N–H and O–H groups in total. The molecule has 0 aliphatic carbocycles. The average molecular weight is 319 g/mol. The van der Waals surface area contributed by atoms with Crippen LogP contribution in [-0.4, -0.2) is 23.6 Å². The molecule has 122 valence electrons. The first-order valence-electron chi connectivity index (χ1n) is 8.42. The van der Waals surface area contributed by atoms with E-state index >= 15 is 0 Å². The van der Waals surface area contributed by atoms with Gasteiger partial charge < -0.3 is 15.2 Å². The summed E-state index contributed by atoms with van der Waals surface area (Å²) in [5.74, 6) is -0.0482. The summed E-state index contributed by atoms with van der Waals surface area (Å²) >= 11 is 0. The van der Waals surface area contributed by atoms with Crippen LogP contribution >= 0.6 is 0 Å². The lowest BCUT2D eigenvalue weighted by Gasteiger charge is -2.12. The van der Waals surface area contributed by atoms with E-state index in [-0.39, 0.29) is 5.91 Å². The Hall–Kier alpha value is -2.59. The largest absolute Gasteiger partial charge is 0.343 e. The number of carbonyl (C=O) groups excluding carboxylic acids is 1. The number of hydrogen-bond acceptors (Lipinski definition) is 2. The second kappa shape index (κ2) is 6.13. The van der Waals surface area contributed by atoms with Gasteiger partial charge in [0.1, 0.15) is 0 Å². The fourth-order valence-corrected chi connectivity index (χ4v) is 3.58. The minimum Gasteiger partial charge on any atom is -0.343 e. The van der Waals surface area contributed by atoms with Gasteiger partial charge in [0.2, 0.25) is 5.91 Å². The maximum Gasteiger partial charge on any atom is 0.221 e. The average Bonchev–Trinajstić information content (AvgIpc) is 2.76. The molecule has 0 saturated heterocycles. The molecule has 0 fully saturated rings. The van der Waals surface area contributed by atoms with E-state index in [2.05, 4.69) is 45.5 Å². The maximum atomic E-state index is 11.3. The third kappa shape index (κ3) is 2.69. The van der Waals surface area contributed by atoms with Crippen LogP contribution in [-0.2, 0) is 17.8 Å². The summed E-state index contributed by atoms with van der Waals surface area (Å²) < 4.78 is 2.44. The minimum atomic E-state index is -0.0482. The van der Waals surface area contributed by atoms with Crippen molar-refractivity contribution in [2.45, 2.75) is 19.9 Å². The van der Waals surface area contributed by atoms with Gasteiger partial charge in [-0.15, -0.1) is 0 Å². The Morgan fingerprint density at radius 3 is 2.88 bits per heavy atom. The standard InChI is InChI=1S/C20H21N3O/c1-14(24)22-17-6-2-4-15(12-17)19-7-3-5-16-13-18-8-9-21-10-11-23(18)20(16)19/h2-7,12-13,21H,8-11H2,1H3,(H,22,24). The van der Waals surface area contributed by atoms with E-state index in [1.165, 1.54) is 29.1 Å². The van der Waals surface area contributed by atoms with E-state index in [1.54, 1.807) is 0 Å². The van der Waals surface area contributed by atoms with E-state index in [9.17, 15) is 4.79 Å². The Labute approximate surface area is 141 Å². The fourth-order valence-electron chi connectivity index (χ4n) is 3.58. The molecule has 4 nitrogen and oxygen atoms in total. The molecule has 2 heterocycles. The van der Waals surface area contributed by atoms with Crippen molar-refractivity contribution < 1.29 is 4.79 Å². The van der Waals surface area contributed by atoms with Crippen LogP contribution in [0, 0.1) is 0 Å². The Bertz CT molecular complexity index is 910. The summed E-state index contributed by atoms with van der Waals surface area (Å²) in [6.45, 7) is 4.55. The molecular formula is C20H21N3O. The van der Waals surface area contributed by atoms with E-state index in [1.807, 2.05) is 18.2 Å². The third-order valence-electron chi connectivity index (χ3n) is 4.57. The van der Waals surface area contributed by atoms with Gasteiger partial charge in [-0.1, -0.05) is 30.3 Å². The van der Waals surface area contributed by atoms with Crippen molar-refractivity contribution in [2.24, 2.45) is 0 Å². The second-order valence-corrected chi connectivity index (χ2v) is 6.29. The van der Waals surface area contributed by atoms with Gasteiger partial charge in [0.25, 0.3) is 0 Å². The van der Waals surface area contributed by atoms with Crippen LogP contribution in [0.5, 0.6) is 0 Å². The van der Waals surface area contributed by atoms with Crippen LogP contribution in [0.3, 0.4) is 0 Å². The first-order chi connectivity index (χ1) is 11.7. The summed E-state index contributed by atoms with van der Waals surface area (Å²) in [6.07, 6.45) is 1.06. The van der Waals surface area contributed by atoms with Crippen LogP contribution in [0.25, 0.3) is 22.0 Å². The topological polar surface area (TPSA) is 46.1 Å². The molecule has 1 aliphatic heterocycles. The predicted octanol–water partition coefficient (Wildman–Crippen LogP) is 3.41. The highest BCUT2D eigenvalue weighted by atomic mass is 16.1. The maximum absolute atomic E-state index is 11.3. The number of para-hydroxylation sites is 1. The van der Waals surface area contributed by atoms with Gasteiger partial charge in [0.05, 0.1) is 5.52 Å². The molecule has 0 atom stereocenters. The zero-order valence-electron chi connectivity index (χ0n) is 13.8. The van der Waals surface area contributed by atoms with E-state index in [0.717, 1.165) is 37.3 Å². The van der Waals surface area contributed by atoms with Crippen LogP contribution < -0.4 is 10.6 Å². The Morgan fingerprint density at radius 1 is 1.12 bits per heavy atom. The van der Waals surface area contributed by atoms with Crippen molar-refractivity contribution in [2.75, 3.05) is 18.4 Å². The minimum absolute atomic E-state index is 0.0482. The van der Waals surface area contributed by atoms with Gasteiger partial charge in [-0.05, 0) is 23.8 Å². The van der Waals surface area contributed by atoms with Gasteiger partial charge >= 0.3 is 0 Å². The van der Waals surface area contributed by atoms with Gasteiger partial charge in [0, 0.05) is 55.3 Å². The lowest BCUT2D eigenvalue weighted by atomic mass is 10.0. The predicted molar refractivity (Wildman–Crippen MR) is 98.3 cm³/mol. The molecule has 1 amide bonds. The molecule has 24 heavy (non-hydrogen) atoms. The van der Waals surface area contributed by atoms with Gasteiger partial charge in [-0.3, -0.25) is 4.79 Å². The molecule has 0 unspecified atom stereocenters. The fraction of sp³-hybridized carbons (Fsp3) is 0.250. The molecule has 1 aromatic heterocycles. The zero-order valence-corrected chi connectivity index (χ0v) is 13.8. The molecule has 4 rings (SSSR count). The molecule has 0 saturated carbocycles. The quantitative estimate of drug-likeness (QED) is 0.760. The number of carbonyl (C=O) groups is 1. The normalized spacial score (nSPS) is 14.2. The number of anilines is 1. The number of amides is 1. The molecular weight excluding hydrogens is 298 g/mol. The van der Waals surface area contributed by atoms with Crippen molar-refractivity contribution >= 4 is 22.5 Å². The van der Waals surface area contributed by atoms with E-state index in [0.29, 0.717) is 0 Å². The van der Waals surface area contributed by atoms with E-state index in [4.69, 9.17) is 0 Å². The zero-order chi connectivity index (χ0) is 16.5. The van der Waals surface area contributed by atoms with Crippen LogP contribution in [0.2, 0.25) is 0 Å². The van der Waals surface area contributed by atoms with Crippen LogP contribution in [0.4, 0.5) is 5.69 Å². The summed E-state index contributed by atoms with van der Waals surface area (Å²) in [7, 11) is 0. The van der Waals surface area contributed by atoms with Crippen molar-refractivity contribution in [3.63, 3.8) is 0 Å². The summed E-state index contributed by atoms with van der Waals surface area (Å²) in [6, 6.07) is 16.8. The third-order valence-corrected chi connectivity index (χ3v) is 4.57. The SMILES string of the molecule is CC(=O)Nc1cccc(-c2cccc3cc4n(c23)CCNCC4)c1. The molecule has 0 radical (unpaired) electrons. The van der Waals surface area contributed by atoms with Crippen molar-refractivity contribution in [3.8, 4) is 11.1 Å². The van der Waals surface area contributed by atoms with E-state index < -0.39 is 0 Å². The first-order valence-corrected chi connectivity index (χ1v) is 8.42. The highest BCUT2D eigenvalue weighted by Gasteiger charge is 2.15. The second-order valence-electron chi connectivity index (χ2n) is 6.29. The summed E-state index contributed by atoms with van der Waals surface area (Å²) in [5, 5.41) is 7.63. The first kappa shape index (κ1) is 15.0. The lowest BCUT2D eigenvalue weighted by molar-refractivity contribution is -0.114. The Balaban J connectivity index is 1.88. The number of hydrogen-bond donors (Lipinski definition) is 2. The molecule has 1 aliphatic rings. The number of benzene rings is 2. The molecule has 3 aromatic rings. The summed E-state index contributed by atoms with van der Waals surface area (Å²) in [5.41, 5.74) is 5.86. The number of rotatable bonds is 2. The van der Waals surface area contributed by atoms with Gasteiger partial charge in [-0.2, -0.15) is 0 Å². The molecule has 2 aromatic carbocycles. The van der Waals surface area contributed by atoms with Gasteiger partial charge in [0.15, 0.2) is 0 Å². The monoisotopic (exact) mass is 319 g/mol. The van der Waals surface area contributed by atoms with Crippen molar-refractivity contribution in [3.05, 3.63) is 54.2 Å². The Kier molecular flexibility index (Phi) is 3.82. The van der Waals surface area contributed by atoms with Gasteiger partial charge in [-0.25, -0.2) is 0 Å². The number of nitrogens with one attached hydrogen (secondary N) is 2.